The third-order valence-corrected chi connectivity index (χ3v) is 8.27. The highest BCUT2D eigenvalue weighted by molar-refractivity contribution is 5.91. The van der Waals surface area contributed by atoms with Crippen LogP contribution >= 0.6 is 0 Å². The summed E-state index contributed by atoms with van der Waals surface area (Å²) in [5.74, 6) is -0.241. The summed E-state index contributed by atoms with van der Waals surface area (Å²) in [6.07, 6.45) is 6.75. The van der Waals surface area contributed by atoms with E-state index in [-0.39, 0.29) is 34.7 Å². The minimum Gasteiger partial charge on any atom is -0.393 e. The number of Topliss-reactive ketones (excluding diaryl/α,β-unsaturated/α-hetero) is 1. The standard InChI is InChI=1S/C21H28O5/c1-20-7-6-13(24)8-12(20)2-3-14-15-4-5-16(18(26)10-22)21(15,11-23)9-17(25)19(14)20/h8,11,14-17,19,22,25H,2-7,9-10H2,1H3/t14-,15?,16+,17?,19?,20-,21?/m0/s1. The van der Waals surface area contributed by atoms with Gasteiger partial charge in [0.25, 0.3) is 0 Å². The van der Waals surface area contributed by atoms with Crippen LogP contribution in [0.2, 0.25) is 0 Å². The van der Waals surface area contributed by atoms with Crippen LogP contribution in [0.3, 0.4) is 0 Å². The van der Waals surface area contributed by atoms with Gasteiger partial charge in [-0.25, -0.2) is 0 Å². The molecule has 0 aliphatic heterocycles. The summed E-state index contributed by atoms with van der Waals surface area (Å²) in [4.78, 5) is 36.4. The fraction of sp³-hybridized carbons (Fsp3) is 0.762. The number of allylic oxidation sites excluding steroid dienone is 1. The van der Waals surface area contributed by atoms with Crippen molar-refractivity contribution in [1.82, 2.24) is 0 Å². The molecule has 0 radical (unpaired) electrons. The highest BCUT2D eigenvalue weighted by atomic mass is 16.3. The zero-order chi connectivity index (χ0) is 18.7. The lowest BCUT2D eigenvalue weighted by molar-refractivity contribution is -0.157. The van der Waals surface area contributed by atoms with Crippen molar-refractivity contribution in [2.24, 2.45) is 34.5 Å². The lowest BCUT2D eigenvalue weighted by Crippen LogP contribution is -2.58. The first-order valence-electron chi connectivity index (χ1n) is 9.89. The van der Waals surface area contributed by atoms with Crippen molar-refractivity contribution in [2.75, 3.05) is 6.61 Å². The van der Waals surface area contributed by atoms with Crippen LogP contribution in [0.25, 0.3) is 0 Å². The normalized spacial score (nSPS) is 47.4. The molecule has 0 saturated heterocycles. The van der Waals surface area contributed by atoms with Crippen molar-refractivity contribution in [1.29, 1.82) is 0 Å². The number of aliphatic hydroxyl groups excluding tert-OH is 2. The van der Waals surface area contributed by atoms with E-state index in [1.165, 1.54) is 0 Å². The molecule has 0 heterocycles. The number of aldehydes is 1. The summed E-state index contributed by atoms with van der Waals surface area (Å²) >= 11 is 0. The van der Waals surface area contributed by atoms with Gasteiger partial charge in [0.2, 0.25) is 0 Å². The Labute approximate surface area is 153 Å². The van der Waals surface area contributed by atoms with Crippen molar-refractivity contribution in [2.45, 2.75) is 58.0 Å². The molecular weight excluding hydrogens is 332 g/mol. The molecule has 0 aromatic rings. The summed E-state index contributed by atoms with van der Waals surface area (Å²) in [5.41, 5.74) is 0.140. The Morgan fingerprint density at radius 3 is 2.77 bits per heavy atom. The lowest BCUT2D eigenvalue weighted by atomic mass is 9.45. The fourth-order valence-corrected chi connectivity index (χ4v) is 7.18. The molecule has 4 unspecified atom stereocenters. The number of hydrogen-bond acceptors (Lipinski definition) is 5. The number of rotatable bonds is 3. The monoisotopic (exact) mass is 360 g/mol. The molecule has 0 aromatic heterocycles. The third-order valence-electron chi connectivity index (χ3n) is 8.27. The lowest BCUT2D eigenvalue weighted by Gasteiger charge is -2.59. The zero-order valence-electron chi connectivity index (χ0n) is 15.3. The maximum Gasteiger partial charge on any atom is 0.162 e. The van der Waals surface area contributed by atoms with Crippen molar-refractivity contribution >= 4 is 17.9 Å². The molecule has 7 atom stereocenters. The molecule has 0 amide bonds. The van der Waals surface area contributed by atoms with Gasteiger partial charge in [0.15, 0.2) is 11.6 Å². The van der Waals surface area contributed by atoms with Gasteiger partial charge in [0, 0.05) is 17.8 Å². The predicted molar refractivity (Wildman–Crippen MR) is 94.1 cm³/mol. The molecule has 2 N–H and O–H groups in total. The number of carbonyl (C=O) groups excluding carboxylic acids is 3. The van der Waals surface area contributed by atoms with E-state index in [1.807, 2.05) is 0 Å². The van der Waals surface area contributed by atoms with Crippen LogP contribution in [-0.2, 0) is 14.4 Å². The molecule has 5 heteroatoms. The van der Waals surface area contributed by atoms with E-state index in [4.69, 9.17) is 0 Å². The molecule has 0 spiro atoms. The molecule has 3 saturated carbocycles. The Morgan fingerprint density at radius 1 is 1.31 bits per heavy atom. The first-order chi connectivity index (χ1) is 12.4. The summed E-state index contributed by atoms with van der Waals surface area (Å²) in [5, 5.41) is 20.5. The molecule has 142 valence electrons. The van der Waals surface area contributed by atoms with Crippen LogP contribution in [0.4, 0.5) is 0 Å². The number of aliphatic hydroxyl groups is 2. The van der Waals surface area contributed by atoms with Crippen LogP contribution in [0.1, 0.15) is 51.9 Å². The van der Waals surface area contributed by atoms with Gasteiger partial charge < -0.3 is 15.0 Å². The van der Waals surface area contributed by atoms with Crippen LogP contribution in [0.5, 0.6) is 0 Å². The van der Waals surface area contributed by atoms with Crippen molar-refractivity contribution < 1.29 is 24.6 Å². The first-order valence-corrected chi connectivity index (χ1v) is 9.89. The first kappa shape index (κ1) is 18.1. The van der Waals surface area contributed by atoms with E-state index >= 15 is 0 Å². The van der Waals surface area contributed by atoms with E-state index in [1.54, 1.807) is 6.08 Å². The molecule has 0 aromatic carbocycles. The second-order valence-corrected chi connectivity index (χ2v) is 9.14. The maximum atomic E-state index is 12.3. The van der Waals surface area contributed by atoms with Gasteiger partial charge in [0.1, 0.15) is 12.9 Å². The van der Waals surface area contributed by atoms with Gasteiger partial charge in [-0.05, 0) is 67.8 Å². The third kappa shape index (κ3) is 2.26. The van der Waals surface area contributed by atoms with Gasteiger partial charge in [0.05, 0.1) is 6.10 Å². The van der Waals surface area contributed by atoms with E-state index in [2.05, 4.69) is 6.92 Å². The molecule has 0 bridgehead atoms. The summed E-state index contributed by atoms with van der Waals surface area (Å²) < 4.78 is 0. The molecule has 3 fully saturated rings. The zero-order valence-corrected chi connectivity index (χ0v) is 15.3. The summed E-state index contributed by atoms with van der Waals surface area (Å²) in [6, 6.07) is 0. The van der Waals surface area contributed by atoms with Crippen LogP contribution < -0.4 is 0 Å². The molecule has 4 aliphatic rings. The topological polar surface area (TPSA) is 91.7 Å². The van der Waals surface area contributed by atoms with Crippen LogP contribution in [-0.4, -0.2) is 40.8 Å². The Morgan fingerprint density at radius 2 is 2.08 bits per heavy atom. The van der Waals surface area contributed by atoms with Gasteiger partial charge in [-0.15, -0.1) is 0 Å². The van der Waals surface area contributed by atoms with Crippen molar-refractivity contribution in [3.8, 4) is 0 Å². The smallest absolute Gasteiger partial charge is 0.162 e. The Balaban J connectivity index is 1.74. The molecule has 5 nitrogen and oxygen atoms in total. The number of ketones is 2. The molecule has 4 aliphatic carbocycles. The number of fused-ring (bicyclic) bond motifs is 5. The minimum atomic E-state index is -0.831. The molecular formula is C21H28O5. The average molecular weight is 360 g/mol. The van der Waals surface area contributed by atoms with E-state index in [0.717, 1.165) is 37.5 Å². The van der Waals surface area contributed by atoms with Gasteiger partial charge in [-0.2, -0.15) is 0 Å². The van der Waals surface area contributed by atoms with Crippen LogP contribution in [0, 0.1) is 34.5 Å². The number of hydrogen-bond donors (Lipinski definition) is 2. The van der Waals surface area contributed by atoms with Gasteiger partial charge >= 0.3 is 0 Å². The average Bonchev–Trinajstić information content (AvgIpc) is 3.00. The Hall–Kier alpha value is -1.33. The van der Waals surface area contributed by atoms with Gasteiger partial charge in [-0.3, -0.25) is 9.59 Å². The highest BCUT2D eigenvalue weighted by Gasteiger charge is 2.64. The Bertz CT molecular complexity index is 682. The maximum absolute atomic E-state index is 12.3. The molecule has 4 rings (SSSR count). The van der Waals surface area contributed by atoms with Gasteiger partial charge in [-0.1, -0.05) is 12.5 Å². The largest absolute Gasteiger partial charge is 0.393 e. The Kier molecular flexibility index (Phi) is 4.23. The SMILES string of the molecule is C[C@]12CCC(=O)C=C1CC[C@H]1C3CC[C@H](C(=O)CO)C3(C=O)CC(O)C12. The second kappa shape index (κ2) is 6.10. The number of carbonyl (C=O) groups is 3. The summed E-state index contributed by atoms with van der Waals surface area (Å²) in [7, 11) is 0. The molecule has 26 heavy (non-hydrogen) atoms. The second-order valence-electron chi connectivity index (χ2n) is 9.14. The van der Waals surface area contributed by atoms with Crippen molar-refractivity contribution in [3.05, 3.63) is 11.6 Å². The summed E-state index contributed by atoms with van der Waals surface area (Å²) in [6.45, 7) is 1.63. The predicted octanol–water partition coefficient (Wildman–Crippen LogP) is 1.85. The van der Waals surface area contributed by atoms with E-state index in [0.29, 0.717) is 19.3 Å². The fourth-order valence-electron chi connectivity index (χ4n) is 7.18. The van der Waals surface area contributed by atoms with E-state index < -0.39 is 24.0 Å². The minimum absolute atomic E-state index is 0.0386. The van der Waals surface area contributed by atoms with Crippen LogP contribution in [0.15, 0.2) is 11.6 Å². The quantitative estimate of drug-likeness (QED) is 0.750. The van der Waals surface area contributed by atoms with Crippen molar-refractivity contribution in [3.63, 3.8) is 0 Å². The van der Waals surface area contributed by atoms with E-state index in [9.17, 15) is 24.6 Å². The highest BCUT2D eigenvalue weighted by Crippen LogP contribution is 2.66.